The molecule has 7 heteroatoms. The number of carbonyl (C=O) groups is 2. The van der Waals surface area contributed by atoms with E-state index in [1.54, 1.807) is 18.2 Å². The second-order valence-electron chi connectivity index (χ2n) is 5.08. The van der Waals surface area contributed by atoms with E-state index in [0.29, 0.717) is 29.7 Å². The number of nitrogens with two attached hydrogens (primary N) is 1. The maximum atomic E-state index is 12.0. The highest BCUT2D eigenvalue weighted by Crippen LogP contribution is 2.24. The first-order chi connectivity index (χ1) is 10.1. The summed E-state index contributed by atoms with van der Waals surface area (Å²) in [7, 11) is 0. The predicted molar refractivity (Wildman–Crippen MR) is 82.1 cm³/mol. The highest BCUT2D eigenvalue weighted by Gasteiger charge is 2.22. The molecule has 1 aromatic carbocycles. The molecule has 0 saturated heterocycles. The Labute approximate surface area is 125 Å². The molecule has 6 nitrogen and oxygen atoms in total. The van der Waals surface area contributed by atoms with E-state index in [1.807, 2.05) is 0 Å². The normalized spacial score (nSPS) is 14.1. The van der Waals surface area contributed by atoms with Crippen LogP contribution in [-0.4, -0.2) is 29.4 Å². The van der Waals surface area contributed by atoms with Gasteiger partial charge in [0.05, 0.1) is 10.2 Å². The van der Waals surface area contributed by atoms with Crippen LogP contribution in [0.3, 0.4) is 0 Å². The van der Waals surface area contributed by atoms with Crippen molar-refractivity contribution in [2.24, 2.45) is 0 Å². The van der Waals surface area contributed by atoms with Gasteiger partial charge >= 0.3 is 0 Å². The summed E-state index contributed by atoms with van der Waals surface area (Å²) in [6.07, 6.45) is 2.43. The van der Waals surface area contributed by atoms with Crippen LogP contribution in [0.15, 0.2) is 18.2 Å². The number of aromatic nitrogens is 1. The zero-order valence-electron chi connectivity index (χ0n) is 11.4. The number of rotatable bonds is 5. The van der Waals surface area contributed by atoms with E-state index < -0.39 is 0 Å². The zero-order valence-corrected chi connectivity index (χ0v) is 12.2. The number of fused-ring (bicyclic) bond motifs is 1. The Bertz CT molecular complexity index is 693. The molecule has 1 heterocycles. The minimum Gasteiger partial charge on any atom is -0.375 e. The van der Waals surface area contributed by atoms with Gasteiger partial charge in [-0.05, 0) is 31.0 Å². The standard InChI is InChI=1S/C14H16N4O2S/c15-14-18-10-4-1-8(7-11(10)21-14)13(20)16-6-5-12(19)17-9-2-3-9/h1,4,7,9H,2-3,5-6H2,(H2,15,18)(H,16,20)(H,17,19). The average molecular weight is 304 g/mol. The third-order valence-electron chi connectivity index (χ3n) is 3.25. The third kappa shape index (κ3) is 3.49. The number of hydrogen-bond acceptors (Lipinski definition) is 5. The molecule has 0 unspecified atom stereocenters. The molecule has 1 aliphatic carbocycles. The van der Waals surface area contributed by atoms with Crippen LogP contribution in [0, 0.1) is 0 Å². The number of nitrogens with one attached hydrogen (secondary N) is 2. The van der Waals surface area contributed by atoms with Gasteiger partial charge in [-0.15, -0.1) is 0 Å². The number of carbonyl (C=O) groups excluding carboxylic acids is 2. The second kappa shape index (κ2) is 5.69. The molecule has 0 aliphatic heterocycles. The smallest absolute Gasteiger partial charge is 0.251 e. The summed E-state index contributed by atoms with van der Waals surface area (Å²) in [5.41, 5.74) is 6.98. The van der Waals surface area contributed by atoms with Crippen molar-refractivity contribution >= 4 is 38.5 Å². The average Bonchev–Trinajstić information content (AvgIpc) is 3.16. The molecule has 1 aliphatic rings. The van der Waals surface area contributed by atoms with Gasteiger partial charge in [0, 0.05) is 24.6 Å². The number of nitrogen functional groups attached to an aromatic ring is 1. The van der Waals surface area contributed by atoms with Gasteiger partial charge in [-0.2, -0.15) is 0 Å². The Morgan fingerprint density at radius 1 is 1.38 bits per heavy atom. The van der Waals surface area contributed by atoms with E-state index in [0.717, 1.165) is 23.1 Å². The Kier molecular flexibility index (Phi) is 3.74. The van der Waals surface area contributed by atoms with Crippen LogP contribution in [0.4, 0.5) is 5.13 Å². The summed E-state index contributed by atoms with van der Waals surface area (Å²) < 4.78 is 0.881. The van der Waals surface area contributed by atoms with Crippen LogP contribution >= 0.6 is 11.3 Å². The van der Waals surface area contributed by atoms with Crippen LogP contribution in [-0.2, 0) is 4.79 Å². The van der Waals surface area contributed by atoms with Crippen molar-refractivity contribution in [2.45, 2.75) is 25.3 Å². The lowest BCUT2D eigenvalue weighted by atomic mass is 10.2. The first-order valence-corrected chi connectivity index (χ1v) is 7.67. The van der Waals surface area contributed by atoms with Crippen molar-refractivity contribution in [3.05, 3.63) is 23.8 Å². The lowest BCUT2D eigenvalue weighted by Gasteiger charge is -2.06. The number of anilines is 1. The SMILES string of the molecule is Nc1nc2ccc(C(=O)NCCC(=O)NC3CC3)cc2s1. The fraction of sp³-hybridized carbons (Fsp3) is 0.357. The molecule has 0 radical (unpaired) electrons. The Morgan fingerprint density at radius 3 is 2.95 bits per heavy atom. The van der Waals surface area contributed by atoms with E-state index >= 15 is 0 Å². The van der Waals surface area contributed by atoms with Crippen LogP contribution < -0.4 is 16.4 Å². The number of hydrogen-bond donors (Lipinski definition) is 3. The van der Waals surface area contributed by atoms with Gasteiger partial charge in [0.2, 0.25) is 5.91 Å². The number of thiazole rings is 1. The number of benzene rings is 1. The van der Waals surface area contributed by atoms with Crippen molar-refractivity contribution in [1.82, 2.24) is 15.6 Å². The van der Waals surface area contributed by atoms with E-state index in [2.05, 4.69) is 15.6 Å². The van der Waals surface area contributed by atoms with Gasteiger partial charge in [-0.1, -0.05) is 11.3 Å². The molecular formula is C14H16N4O2S. The molecule has 0 bridgehead atoms. The number of nitrogens with zero attached hydrogens (tertiary/aromatic N) is 1. The van der Waals surface area contributed by atoms with Gasteiger partial charge in [0.1, 0.15) is 0 Å². The van der Waals surface area contributed by atoms with Crippen molar-refractivity contribution in [2.75, 3.05) is 12.3 Å². The Balaban J connectivity index is 1.54. The van der Waals surface area contributed by atoms with Crippen LogP contribution in [0.5, 0.6) is 0 Å². The summed E-state index contributed by atoms with van der Waals surface area (Å²) in [6.45, 7) is 0.334. The van der Waals surface area contributed by atoms with Crippen molar-refractivity contribution < 1.29 is 9.59 Å². The summed E-state index contributed by atoms with van der Waals surface area (Å²) in [5.74, 6) is -0.202. The summed E-state index contributed by atoms with van der Waals surface area (Å²) in [6, 6.07) is 5.61. The van der Waals surface area contributed by atoms with E-state index in [-0.39, 0.29) is 11.8 Å². The molecule has 0 spiro atoms. The largest absolute Gasteiger partial charge is 0.375 e. The van der Waals surface area contributed by atoms with Crippen molar-refractivity contribution in [3.8, 4) is 0 Å². The molecule has 4 N–H and O–H groups in total. The minimum atomic E-state index is -0.192. The maximum Gasteiger partial charge on any atom is 0.251 e. The first-order valence-electron chi connectivity index (χ1n) is 6.85. The van der Waals surface area contributed by atoms with Crippen LogP contribution in [0.2, 0.25) is 0 Å². The molecule has 21 heavy (non-hydrogen) atoms. The molecule has 1 saturated carbocycles. The molecule has 1 fully saturated rings. The first kappa shape index (κ1) is 13.8. The molecule has 2 amide bonds. The van der Waals surface area contributed by atoms with Crippen LogP contribution in [0.25, 0.3) is 10.2 Å². The van der Waals surface area contributed by atoms with E-state index in [4.69, 9.17) is 5.73 Å². The quantitative estimate of drug-likeness (QED) is 0.775. The molecule has 0 atom stereocenters. The molecular weight excluding hydrogens is 288 g/mol. The number of amides is 2. The van der Waals surface area contributed by atoms with Crippen molar-refractivity contribution in [1.29, 1.82) is 0 Å². The van der Waals surface area contributed by atoms with Gasteiger partial charge < -0.3 is 16.4 Å². The third-order valence-corrected chi connectivity index (χ3v) is 4.09. The Morgan fingerprint density at radius 2 is 2.19 bits per heavy atom. The molecule has 3 rings (SSSR count). The zero-order chi connectivity index (χ0) is 14.8. The van der Waals surface area contributed by atoms with Gasteiger partial charge in [-0.25, -0.2) is 4.98 Å². The maximum absolute atomic E-state index is 12.0. The van der Waals surface area contributed by atoms with Gasteiger partial charge in [-0.3, -0.25) is 9.59 Å². The fourth-order valence-electron chi connectivity index (χ4n) is 2.00. The summed E-state index contributed by atoms with van der Waals surface area (Å²) in [4.78, 5) is 27.7. The summed E-state index contributed by atoms with van der Waals surface area (Å²) >= 11 is 1.35. The molecule has 110 valence electrons. The predicted octanol–water partition coefficient (Wildman–Crippen LogP) is 1.28. The Hall–Kier alpha value is -2.15. The van der Waals surface area contributed by atoms with Crippen molar-refractivity contribution in [3.63, 3.8) is 0 Å². The van der Waals surface area contributed by atoms with Gasteiger partial charge in [0.15, 0.2) is 5.13 Å². The molecule has 2 aromatic rings. The van der Waals surface area contributed by atoms with Gasteiger partial charge in [0.25, 0.3) is 5.91 Å². The summed E-state index contributed by atoms with van der Waals surface area (Å²) in [5, 5.41) is 6.12. The minimum absolute atomic E-state index is 0.0107. The van der Waals surface area contributed by atoms with Crippen LogP contribution in [0.1, 0.15) is 29.6 Å². The molecule has 1 aromatic heterocycles. The van der Waals surface area contributed by atoms with E-state index in [9.17, 15) is 9.59 Å². The second-order valence-corrected chi connectivity index (χ2v) is 6.14. The monoisotopic (exact) mass is 304 g/mol. The highest BCUT2D eigenvalue weighted by molar-refractivity contribution is 7.22. The highest BCUT2D eigenvalue weighted by atomic mass is 32.1. The van der Waals surface area contributed by atoms with E-state index in [1.165, 1.54) is 11.3 Å². The lowest BCUT2D eigenvalue weighted by molar-refractivity contribution is -0.121. The lowest BCUT2D eigenvalue weighted by Crippen LogP contribution is -2.31. The fourth-order valence-corrected chi connectivity index (χ4v) is 2.78. The topological polar surface area (TPSA) is 97.1 Å².